The van der Waals surface area contributed by atoms with Crippen molar-refractivity contribution in [1.29, 1.82) is 0 Å². The number of rotatable bonds is 3. The molecule has 11 heteroatoms. The van der Waals surface area contributed by atoms with Crippen molar-refractivity contribution in [2.45, 2.75) is 32.0 Å². The Labute approximate surface area is 186 Å². The van der Waals surface area contributed by atoms with Gasteiger partial charge in [0, 0.05) is 24.7 Å². The van der Waals surface area contributed by atoms with Gasteiger partial charge < -0.3 is 14.2 Å². The number of benzene rings is 1. The van der Waals surface area contributed by atoms with Crippen LogP contribution in [0.25, 0.3) is 28.0 Å². The fourth-order valence-corrected chi connectivity index (χ4v) is 4.27. The molecule has 0 bridgehead atoms. The van der Waals surface area contributed by atoms with Crippen LogP contribution < -0.4 is 4.90 Å². The van der Waals surface area contributed by atoms with Gasteiger partial charge in [0.15, 0.2) is 17.0 Å². The molecule has 1 aliphatic heterocycles. The van der Waals surface area contributed by atoms with Crippen LogP contribution in [-0.4, -0.2) is 57.7 Å². The van der Waals surface area contributed by atoms with E-state index in [2.05, 4.69) is 20.0 Å². The standard InChI is InChI=1S/C22H22F4N6O/c1-12-11-32-20(27-12)15(22(24,25)26)10-17(29-32)13-8-16(23)19-18(9-13)33-21(28-19)31-6-4-14(5-7-31)30(2)3/h8-11,14H,4-7H2,1-3H3. The van der Waals surface area contributed by atoms with E-state index < -0.39 is 17.6 Å². The van der Waals surface area contributed by atoms with E-state index in [1.165, 1.54) is 12.3 Å². The molecule has 1 aromatic carbocycles. The van der Waals surface area contributed by atoms with Crippen LogP contribution in [0.15, 0.2) is 28.8 Å². The van der Waals surface area contributed by atoms with E-state index in [0.29, 0.717) is 17.8 Å². The molecule has 0 aliphatic carbocycles. The molecule has 0 unspecified atom stereocenters. The molecule has 4 heterocycles. The number of hydrogen-bond acceptors (Lipinski definition) is 6. The molecule has 1 fully saturated rings. The monoisotopic (exact) mass is 462 g/mol. The summed E-state index contributed by atoms with van der Waals surface area (Å²) in [7, 11) is 4.08. The number of fused-ring (bicyclic) bond motifs is 2. The first kappa shape index (κ1) is 21.6. The molecule has 3 aromatic heterocycles. The number of oxazole rings is 1. The summed E-state index contributed by atoms with van der Waals surface area (Å²) in [6.07, 6.45) is -1.40. The van der Waals surface area contributed by atoms with E-state index in [9.17, 15) is 17.6 Å². The maximum absolute atomic E-state index is 14.9. The zero-order valence-electron chi connectivity index (χ0n) is 18.3. The van der Waals surface area contributed by atoms with Crippen molar-refractivity contribution in [3.05, 3.63) is 41.5 Å². The Morgan fingerprint density at radius 2 is 1.82 bits per heavy atom. The van der Waals surface area contributed by atoms with E-state index >= 15 is 0 Å². The summed E-state index contributed by atoms with van der Waals surface area (Å²) in [5.41, 5.74) is -0.530. The number of hydrogen-bond donors (Lipinski definition) is 0. The Hall–Kier alpha value is -3.21. The van der Waals surface area contributed by atoms with Crippen LogP contribution in [0.4, 0.5) is 23.6 Å². The molecule has 0 atom stereocenters. The van der Waals surface area contributed by atoms with Gasteiger partial charge in [0.2, 0.25) is 0 Å². The summed E-state index contributed by atoms with van der Waals surface area (Å²) in [6.45, 7) is 3.02. The molecule has 1 saturated heterocycles. The van der Waals surface area contributed by atoms with Crippen molar-refractivity contribution in [1.82, 2.24) is 24.5 Å². The zero-order chi connectivity index (χ0) is 23.5. The Bertz CT molecular complexity index is 1330. The van der Waals surface area contributed by atoms with Crippen molar-refractivity contribution >= 4 is 22.8 Å². The molecule has 174 valence electrons. The third-order valence-electron chi connectivity index (χ3n) is 6.05. The summed E-state index contributed by atoms with van der Waals surface area (Å²) < 4.78 is 62.8. The summed E-state index contributed by atoms with van der Waals surface area (Å²) in [4.78, 5) is 12.4. The van der Waals surface area contributed by atoms with E-state index in [4.69, 9.17) is 4.42 Å². The molecule has 7 nitrogen and oxygen atoms in total. The Kier molecular flexibility index (Phi) is 5.04. The highest BCUT2D eigenvalue weighted by atomic mass is 19.4. The lowest BCUT2D eigenvalue weighted by molar-refractivity contribution is -0.136. The number of imidazole rings is 1. The Morgan fingerprint density at radius 3 is 2.48 bits per heavy atom. The number of anilines is 1. The molecule has 0 spiro atoms. The minimum atomic E-state index is -4.64. The van der Waals surface area contributed by atoms with Crippen molar-refractivity contribution < 1.29 is 22.0 Å². The van der Waals surface area contributed by atoms with Gasteiger partial charge in [-0.05, 0) is 52.1 Å². The van der Waals surface area contributed by atoms with Crippen LogP contribution in [0.3, 0.4) is 0 Å². The summed E-state index contributed by atoms with van der Waals surface area (Å²) in [5.74, 6) is -0.682. The van der Waals surface area contributed by atoms with Gasteiger partial charge in [0.25, 0.3) is 6.01 Å². The maximum atomic E-state index is 14.9. The van der Waals surface area contributed by atoms with Crippen LogP contribution in [0.1, 0.15) is 24.1 Å². The molecule has 4 aromatic rings. The van der Waals surface area contributed by atoms with E-state index in [1.54, 1.807) is 6.92 Å². The second-order valence-electron chi connectivity index (χ2n) is 8.57. The molecule has 0 radical (unpaired) electrons. The smallest absolute Gasteiger partial charge is 0.420 e. The van der Waals surface area contributed by atoms with Crippen LogP contribution in [0, 0.1) is 12.7 Å². The van der Waals surface area contributed by atoms with E-state index in [1.807, 2.05) is 19.0 Å². The fourth-order valence-electron chi connectivity index (χ4n) is 4.27. The van der Waals surface area contributed by atoms with Crippen LogP contribution in [0.2, 0.25) is 0 Å². The third-order valence-corrected chi connectivity index (χ3v) is 6.05. The van der Waals surface area contributed by atoms with Gasteiger partial charge in [0.1, 0.15) is 11.1 Å². The largest absolute Gasteiger partial charge is 0.423 e. The number of aryl methyl sites for hydroxylation is 1. The number of halogens is 4. The predicted molar refractivity (Wildman–Crippen MR) is 115 cm³/mol. The zero-order valence-corrected chi connectivity index (χ0v) is 18.3. The SMILES string of the molecule is Cc1cn2nc(-c3cc(F)c4nc(N5CCC(N(C)C)CC5)oc4c3)cc(C(F)(F)F)c2n1. The van der Waals surface area contributed by atoms with Gasteiger partial charge in [0.05, 0.1) is 17.6 Å². The number of piperidine rings is 1. The number of alkyl halides is 3. The third kappa shape index (κ3) is 3.90. The highest BCUT2D eigenvalue weighted by molar-refractivity contribution is 5.81. The second-order valence-corrected chi connectivity index (χ2v) is 8.57. The predicted octanol–water partition coefficient (Wildman–Crippen LogP) is 4.53. The van der Waals surface area contributed by atoms with E-state index in [-0.39, 0.29) is 28.0 Å². The van der Waals surface area contributed by atoms with Gasteiger partial charge in [-0.2, -0.15) is 23.3 Å². The highest BCUT2D eigenvalue weighted by Crippen LogP contribution is 2.36. The molecule has 0 saturated carbocycles. The number of aromatic nitrogens is 4. The average molecular weight is 462 g/mol. The minimum absolute atomic E-state index is 0.0408. The van der Waals surface area contributed by atoms with Crippen LogP contribution >= 0.6 is 0 Å². The van der Waals surface area contributed by atoms with Crippen molar-refractivity contribution in [2.24, 2.45) is 0 Å². The highest BCUT2D eigenvalue weighted by Gasteiger charge is 2.35. The topological polar surface area (TPSA) is 62.7 Å². The molecule has 1 aliphatic rings. The molecule has 0 N–H and O–H groups in total. The number of nitrogens with zero attached hydrogens (tertiary/aromatic N) is 6. The quantitative estimate of drug-likeness (QED) is 0.417. The molecule has 33 heavy (non-hydrogen) atoms. The van der Waals surface area contributed by atoms with Crippen LogP contribution in [-0.2, 0) is 6.18 Å². The fraction of sp³-hybridized carbons (Fsp3) is 0.409. The van der Waals surface area contributed by atoms with Gasteiger partial charge in [-0.1, -0.05) is 0 Å². The summed E-state index contributed by atoms with van der Waals surface area (Å²) in [6, 6.07) is 4.25. The average Bonchev–Trinajstić information content (AvgIpc) is 3.35. The van der Waals surface area contributed by atoms with Crippen molar-refractivity contribution in [3.8, 4) is 11.3 Å². The Morgan fingerprint density at radius 1 is 1.09 bits per heavy atom. The Balaban J connectivity index is 1.54. The lowest BCUT2D eigenvalue weighted by Crippen LogP contribution is -2.42. The molecular formula is C22H22F4N6O. The lowest BCUT2D eigenvalue weighted by atomic mass is 10.0. The second kappa shape index (κ2) is 7.68. The van der Waals surface area contributed by atoms with Crippen molar-refractivity contribution in [2.75, 3.05) is 32.1 Å². The minimum Gasteiger partial charge on any atom is -0.423 e. The van der Waals surface area contributed by atoms with Crippen LogP contribution in [0.5, 0.6) is 0 Å². The first-order chi connectivity index (χ1) is 15.6. The molecular weight excluding hydrogens is 440 g/mol. The first-order valence-electron chi connectivity index (χ1n) is 10.6. The summed E-state index contributed by atoms with van der Waals surface area (Å²) >= 11 is 0. The van der Waals surface area contributed by atoms with Gasteiger partial charge in [-0.25, -0.2) is 13.9 Å². The maximum Gasteiger partial charge on any atom is 0.420 e. The van der Waals surface area contributed by atoms with Gasteiger partial charge in [-0.3, -0.25) is 0 Å². The first-order valence-corrected chi connectivity index (χ1v) is 10.6. The molecule has 5 rings (SSSR count). The van der Waals surface area contributed by atoms with Gasteiger partial charge in [-0.15, -0.1) is 0 Å². The lowest BCUT2D eigenvalue weighted by Gasteiger charge is -2.34. The van der Waals surface area contributed by atoms with E-state index in [0.717, 1.165) is 42.6 Å². The summed E-state index contributed by atoms with van der Waals surface area (Å²) in [5, 5.41) is 4.22. The normalized spacial score (nSPS) is 15.9. The van der Waals surface area contributed by atoms with Gasteiger partial charge >= 0.3 is 6.18 Å². The molecule has 0 amide bonds. The van der Waals surface area contributed by atoms with Crippen molar-refractivity contribution in [3.63, 3.8) is 0 Å².